The lowest BCUT2D eigenvalue weighted by molar-refractivity contribution is -0.142. The van der Waals surface area contributed by atoms with E-state index in [9.17, 15) is 9.90 Å². The minimum absolute atomic E-state index is 0.0400. The molecule has 0 bridgehead atoms. The lowest BCUT2D eigenvalue weighted by Crippen LogP contribution is -2.52. The van der Waals surface area contributed by atoms with Crippen LogP contribution >= 0.6 is 0 Å². The van der Waals surface area contributed by atoms with Crippen LogP contribution in [0, 0.1) is 5.92 Å². The zero-order valence-corrected chi connectivity index (χ0v) is 10.7. The lowest BCUT2D eigenvalue weighted by atomic mass is 9.93. The van der Waals surface area contributed by atoms with Gasteiger partial charge in [0, 0.05) is 13.1 Å². The molecule has 2 fully saturated rings. The quantitative estimate of drug-likeness (QED) is 0.749. The molecule has 0 aromatic rings. The summed E-state index contributed by atoms with van der Waals surface area (Å²) in [6.07, 6.45) is 4.83. The van der Waals surface area contributed by atoms with Crippen LogP contribution in [0.15, 0.2) is 0 Å². The number of aliphatic hydroxyl groups excluding tert-OH is 1. The van der Waals surface area contributed by atoms with E-state index in [2.05, 4.69) is 5.32 Å². The summed E-state index contributed by atoms with van der Waals surface area (Å²) in [6.45, 7) is 4.46. The van der Waals surface area contributed by atoms with Crippen molar-refractivity contribution in [3.8, 4) is 0 Å². The summed E-state index contributed by atoms with van der Waals surface area (Å²) in [6, 6.07) is 0.0400. The van der Waals surface area contributed by atoms with Crippen molar-refractivity contribution in [2.45, 2.75) is 51.2 Å². The van der Waals surface area contributed by atoms with Gasteiger partial charge in [-0.3, -0.25) is 4.79 Å². The Morgan fingerprint density at radius 2 is 2.18 bits per heavy atom. The Morgan fingerprint density at radius 3 is 2.82 bits per heavy atom. The monoisotopic (exact) mass is 240 g/mol. The van der Waals surface area contributed by atoms with E-state index >= 15 is 0 Å². The Morgan fingerprint density at radius 1 is 1.35 bits per heavy atom. The minimum atomic E-state index is -0.407. The van der Waals surface area contributed by atoms with E-state index in [-0.39, 0.29) is 17.9 Å². The standard InChI is InChI=1S/C13H24N2O2/c1-10(16)12-6-2-3-8-15(12)13(17)11-5-4-7-14-9-11/h10-12,14,16H,2-9H2,1H3/t10-,11+,12-/m0/s1. The molecule has 2 rings (SSSR count). The van der Waals surface area contributed by atoms with Gasteiger partial charge in [0.05, 0.1) is 18.1 Å². The van der Waals surface area contributed by atoms with Gasteiger partial charge in [-0.1, -0.05) is 0 Å². The molecule has 3 atom stereocenters. The molecule has 4 heteroatoms. The molecule has 98 valence electrons. The Bertz CT molecular complexity index is 262. The van der Waals surface area contributed by atoms with Crippen LogP contribution in [-0.2, 0) is 4.79 Å². The minimum Gasteiger partial charge on any atom is -0.391 e. The zero-order valence-electron chi connectivity index (χ0n) is 10.7. The molecule has 0 unspecified atom stereocenters. The summed E-state index contributed by atoms with van der Waals surface area (Å²) < 4.78 is 0. The molecule has 0 aromatic carbocycles. The first kappa shape index (κ1) is 12.8. The highest BCUT2D eigenvalue weighted by Crippen LogP contribution is 2.23. The largest absolute Gasteiger partial charge is 0.391 e. The normalized spacial score (nSPS) is 32.2. The van der Waals surface area contributed by atoms with Crippen LogP contribution in [0.5, 0.6) is 0 Å². The second kappa shape index (κ2) is 5.83. The van der Waals surface area contributed by atoms with Crippen LogP contribution in [0.3, 0.4) is 0 Å². The first-order valence-corrected chi connectivity index (χ1v) is 6.89. The molecule has 0 aromatic heterocycles. The fourth-order valence-corrected chi connectivity index (χ4v) is 3.03. The number of hydrogen-bond donors (Lipinski definition) is 2. The zero-order chi connectivity index (χ0) is 12.3. The van der Waals surface area contributed by atoms with E-state index < -0.39 is 6.10 Å². The van der Waals surface area contributed by atoms with Gasteiger partial charge < -0.3 is 15.3 Å². The number of hydrogen-bond acceptors (Lipinski definition) is 3. The van der Waals surface area contributed by atoms with Crippen molar-refractivity contribution in [3.63, 3.8) is 0 Å². The van der Waals surface area contributed by atoms with E-state index in [0.29, 0.717) is 0 Å². The summed E-state index contributed by atoms with van der Waals surface area (Å²) in [4.78, 5) is 14.4. The maximum Gasteiger partial charge on any atom is 0.227 e. The van der Waals surface area contributed by atoms with Gasteiger partial charge in [-0.15, -0.1) is 0 Å². The molecular formula is C13H24N2O2. The second-order valence-corrected chi connectivity index (χ2v) is 5.38. The molecule has 2 N–H and O–H groups in total. The highest BCUT2D eigenvalue weighted by molar-refractivity contribution is 5.79. The summed E-state index contributed by atoms with van der Waals surface area (Å²) in [7, 11) is 0. The maximum atomic E-state index is 12.4. The van der Waals surface area contributed by atoms with Crippen molar-refractivity contribution < 1.29 is 9.90 Å². The van der Waals surface area contributed by atoms with Gasteiger partial charge in [0.15, 0.2) is 0 Å². The van der Waals surface area contributed by atoms with Gasteiger partial charge in [-0.05, 0) is 45.6 Å². The number of piperidine rings is 2. The third-order valence-corrected chi connectivity index (χ3v) is 4.04. The molecule has 2 saturated heterocycles. The highest BCUT2D eigenvalue weighted by atomic mass is 16.3. The third-order valence-electron chi connectivity index (χ3n) is 4.04. The summed E-state index contributed by atoms with van der Waals surface area (Å²) >= 11 is 0. The van der Waals surface area contributed by atoms with Crippen molar-refractivity contribution >= 4 is 5.91 Å². The van der Waals surface area contributed by atoms with E-state index in [4.69, 9.17) is 0 Å². The van der Waals surface area contributed by atoms with Crippen molar-refractivity contribution in [2.75, 3.05) is 19.6 Å². The van der Waals surface area contributed by atoms with Crippen molar-refractivity contribution in [3.05, 3.63) is 0 Å². The molecule has 2 aliphatic heterocycles. The fraction of sp³-hybridized carbons (Fsp3) is 0.923. The van der Waals surface area contributed by atoms with E-state index in [1.54, 1.807) is 6.92 Å². The van der Waals surface area contributed by atoms with E-state index in [1.165, 1.54) is 0 Å². The number of carbonyl (C=O) groups excluding carboxylic acids is 1. The molecule has 4 nitrogen and oxygen atoms in total. The van der Waals surface area contributed by atoms with Gasteiger partial charge in [0.25, 0.3) is 0 Å². The highest BCUT2D eigenvalue weighted by Gasteiger charge is 2.33. The van der Waals surface area contributed by atoms with Crippen LogP contribution in [0.4, 0.5) is 0 Å². The fourth-order valence-electron chi connectivity index (χ4n) is 3.03. The van der Waals surface area contributed by atoms with Crippen LogP contribution in [0.1, 0.15) is 39.0 Å². The molecule has 1 amide bonds. The molecule has 17 heavy (non-hydrogen) atoms. The average Bonchev–Trinajstić information content (AvgIpc) is 2.39. The predicted molar refractivity (Wildman–Crippen MR) is 66.6 cm³/mol. The predicted octanol–water partition coefficient (Wildman–Crippen LogP) is 0.748. The summed E-state index contributed by atoms with van der Waals surface area (Å²) in [5.41, 5.74) is 0. The smallest absolute Gasteiger partial charge is 0.227 e. The molecule has 0 aliphatic carbocycles. The molecule has 0 spiro atoms. The van der Waals surface area contributed by atoms with Crippen molar-refractivity contribution in [2.24, 2.45) is 5.92 Å². The SMILES string of the molecule is C[C@H](O)[C@@H]1CCCCN1C(=O)[C@@H]1CCCNC1. The second-order valence-electron chi connectivity index (χ2n) is 5.38. The van der Waals surface area contributed by atoms with Gasteiger partial charge in [0.1, 0.15) is 0 Å². The third kappa shape index (κ3) is 2.99. The van der Waals surface area contributed by atoms with Crippen LogP contribution in [-0.4, -0.2) is 47.7 Å². The Labute approximate surface area is 103 Å². The number of rotatable bonds is 2. The Kier molecular flexibility index (Phi) is 4.40. The Hall–Kier alpha value is -0.610. The van der Waals surface area contributed by atoms with Gasteiger partial charge in [-0.25, -0.2) is 0 Å². The molecule has 0 saturated carbocycles. The van der Waals surface area contributed by atoms with Gasteiger partial charge in [-0.2, -0.15) is 0 Å². The van der Waals surface area contributed by atoms with E-state index in [0.717, 1.165) is 51.7 Å². The van der Waals surface area contributed by atoms with Crippen molar-refractivity contribution in [1.82, 2.24) is 10.2 Å². The van der Waals surface area contributed by atoms with Crippen LogP contribution in [0.25, 0.3) is 0 Å². The number of nitrogens with zero attached hydrogens (tertiary/aromatic N) is 1. The summed E-state index contributed by atoms with van der Waals surface area (Å²) in [5, 5.41) is 13.1. The topological polar surface area (TPSA) is 52.6 Å². The number of aliphatic hydroxyl groups is 1. The van der Waals surface area contributed by atoms with Gasteiger partial charge >= 0.3 is 0 Å². The van der Waals surface area contributed by atoms with Crippen molar-refractivity contribution in [1.29, 1.82) is 0 Å². The summed E-state index contributed by atoms with van der Waals surface area (Å²) in [5.74, 6) is 0.380. The lowest BCUT2D eigenvalue weighted by Gasteiger charge is -2.40. The molecule has 2 aliphatic rings. The number of likely N-dealkylation sites (tertiary alicyclic amines) is 1. The Balaban J connectivity index is 1.99. The van der Waals surface area contributed by atoms with E-state index in [1.807, 2.05) is 4.90 Å². The first-order chi connectivity index (χ1) is 8.20. The molecule has 0 radical (unpaired) electrons. The van der Waals surface area contributed by atoms with Crippen LogP contribution in [0.2, 0.25) is 0 Å². The molecule has 2 heterocycles. The van der Waals surface area contributed by atoms with Crippen LogP contribution < -0.4 is 5.32 Å². The van der Waals surface area contributed by atoms with Gasteiger partial charge in [0.2, 0.25) is 5.91 Å². The number of amides is 1. The first-order valence-electron chi connectivity index (χ1n) is 6.89. The molecular weight excluding hydrogens is 216 g/mol. The maximum absolute atomic E-state index is 12.4. The average molecular weight is 240 g/mol. The number of carbonyl (C=O) groups is 1. The number of nitrogens with one attached hydrogen (secondary N) is 1.